The summed E-state index contributed by atoms with van der Waals surface area (Å²) >= 11 is 0. The summed E-state index contributed by atoms with van der Waals surface area (Å²) in [5.74, 6) is -4.08. The number of rotatable bonds is 3. The second kappa shape index (κ2) is 5.01. The van der Waals surface area contributed by atoms with E-state index in [1.807, 2.05) is 0 Å². The maximum Gasteiger partial charge on any atom is 0.403 e. The van der Waals surface area contributed by atoms with Crippen molar-refractivity contribution >= 4 is 0 Å². The third-order valence-corrected chi connectivity index (χ3v) is 3.49. The van der Waals surface area contributed by atoms with Crippen LogP contribution in [0.2, 0.25) is 0 Å². The average Bonchev–Trinajstić information content (AvgIpc) is 2.21. The second-order valence-corrected chi connectivity index (χ2v) is 4.95. The summed E-state index contributed by atoms with van der Waals surface area (Å²) in [5, 5.41) is 17.9. The van der Waals surface area contributed by atoms with Crippen LogP contribution in [0.1, 0.15) is 20.8 Å². The molecule has 0 saturated carbocycles. The molecule has 0 aliphatic heterocycles. The Labute approximate surface area is 112 Å². The van der Waals surface area contributed by atoms with Gasteiger partial charge in [0.05, 0.1) is 12.1 Å². The zero-order valence-corrected chi connectivity index (χ0v) is 10.9. The van der Waals surface area contributed by atoms with Gasteiger partial charge in [0.2, 0.25) is 0 Å². The zero-order chi connectivity index (χ0) is 16.6. The van der Waals surface area contributed by atoms with E-state index in [2.05, 4.69) is 6.58 Å². The molecule has 0 aromatic carbocycles. The summed E-state index contributed by atoms with van der Waals surface area (Å²) in [7, 11) is 0. The lowest BCUT2D eigenvalue weighted by atomic mass is 9.57. The van der Waals surface area contributed by atoms with Crippen molar-refractivity contribution in [1.82, 2.24) is 0 Å². The van der Waals surface area contributed by atoms with Crippen molar-refractivity contribution in [2.45, 2.75) is 33.1 Å². The summed E-state index contributed by atoms with van der Waals surface area (Å²) in [5.41, 5.74) is -5.49. The van der Waals surface area contributed by atoms with E-state index in [0.29, 0.717) is 0 Å². The third kappa shape index (κ3) is 2.74. The van der Waals surface area contributed by atoms with Crippen LogP contribution >= 0.6 is 0 Å². The Hall–Kier alpha value is -1.70. The molecular weight excluding hydrogens is 286 g/mol. The van der Waals surface area contributed by atoms with Crippen LogP contribution in [-0.2, 0) is 0 Å². The number of halogens is 6. The van der Waals surface area contributed by atoms with Gasteiger partial charge in [-0.1, -0.05) is 26.0 Å². The fourth-order valence-corrected chi connectivity index (χ4v) is 1.81. The van der Waals surface area contributed by atoms with Crippen LogP contribution in [0.5, 0.6) is 0 Å². The van der Waals surface area contributed by atoms with Gasteiger partial charge in [0.15, 0.2) is 11.3 Å². The van der Waals surface area contributed by atoms with Gasteiger partial charge < -0.3 is 0 Å². The van der Waals surface area contributed by atoms with Crippen molar-refractivity contribution in [3.05, 3.63) is 12.2 Å². The molecule has 0 N–H and O–H groups in total. The minimum atomic E-state index is -5.78. The van der Waals surface area contributed by atoms with Gasteiger partial charge in [-0.25, -0.2) is 0 Å². The van der Waals surface area contributed by atoms with Crippen LogP contribution in [0.25, 0.3) is 0 Å². The maximum atomic E-state index is 12.8. The highest BCUT2D eigenvalue weighted by molar-refractivity contribution is 5.31. The topological polar surface area (TPSA) is 47.6 Å². The van der Waals surface area contributed by atoms with E-state index >= 15 is 0 Å². The fourth-order valence-electron chi connectivity index (χ4n) is 1.81. The molecule has 8 heteroatoms. The quantitative estimate of drug-likeness (QED) is 0.574. The van der Waals surface area contributed by atoms with Crippen LogP contribution in [0.15, 0.2) is 12.2 Å². The summed E-state index contributed by atoms with van der Waals surface area (Å²) in [4.78, 5) is 0. The van der Waals surface area contributed by atoms with Crippen LogP contribution < -0.4 is 0 Å². The number of nitrogens with zero attached hydrogens (tertiary/aromatic N) is 2. The van der Waals surface area contributed by atoms with Gasteiger partial charge in [-0.2, -0.15) is 36.9 Å². The van der Waals surface area contributed by atoms with Gasteiger partial charge in [0.1, 0.15) is 0 Å². The minimum Gasteiger partial charge on any atom is -0.196 e. The summed E-state index contributed by atoms with van der Waals surface area (Å²) in [6, 6.07) is 1.88. The number of hydrogen-bond donors (Lipinski definition) is 0. The standard InChI is InChI=1S/C12H12F6N2/c1-7(2)9(3,4)10(5-19,6-20)8(11(13,14)15)12(16,17)18/h8H,1H2,2-4H3. The fraction of sp³-hybridized carbons (Fsp3) is 0.667. The van der Waals surface area contributed by atoms with Crippen molar-refractivity contribution in [1.29, 1.82) is 10.5 Å². The molecule has 0 aromatic heterocycles. The van der Waals surface area contributed by atoms with Crippen LogP contribution in [0.3, 0.4) is 0 Å². The molecule has 0 aromatic rings. The Kier molecular flexibility index (Phi) is 4.58. The normalized spacial score (nSPS) is 13.8. The van der Waals surface area contributed by atoms with Crippen molar-refractivity contribution in [2.24, 2.45) is 16.7 Å². The molecule has 0 atom stereocenters. The smallest absolute Gasteiger partial charge is 0.196 e. The monoisotopic (exact) mass is 298 g/mol. The molecule has 0 bridgehead atoms. The van der Waals surface area contributed by atoms with E-state index in [4.69, 9.17) is 10.5 Å². The molecule has 2 nitrogen and oxygen atoms in total. The van der Waals surface area contributed by atoms with Crippen LogP contribution in [0.4, 0.5) is 26.3 Å². The molecule has 0 fully saturated rings. The first-order chi connectivity index (χ1) is 8.68. The molecule has 0 aliphatic rings. The van der Waals surface area contributed by atoms with E-state index in [1.54, 1.807) is 0 Å². The van der Waals surface area contributed by atoms with E-state index in [9.17, 15) is 26.3 Å². The Bertz CT molecular complexity index is 444. The molecule has 0 saturated heterocycles. The average molecular weight is 298 g/mol. The van der Waals surface area contributed by atoms with Gasteiger partial charge in [0.25, 0.3) is 0 Å². The van der Waals surface area contributed by atoms with Crippen molar-refractivity contribution in [3.8, 4) is 12.1 Å². The number of allylic oxidation sites excluding steroid dienone is 1. The van der Waals surface area contributed by atoms with E-state index in [-0.39, 0.29) is 5.57 Å². The van der Waals surface area contributed by atoms with Gasteiger partial charge in [-0.3, -0.25) is 0 Å². The van der Waals surface area contributed by atoms with Crippen molar-refractivity contribution in [3.63, 3.8) is 0 Å². The lowest BCUT2D eigenvalue weighted by Gasteiger charge is -2.43. The maximum absolute atomic E-state index is 12.8. The summed E-state index contributed by atoms with van der Waals surface area (Å²) < 4.78 is 77.0. The van der Waals surface area contributed by atoms with Gasteiger partial charge in [-0.05, 0) is 6.92 Å². The van der Waals surface area contributed by atoms with E-state index in [0.717, 1.165) is 26.0 Å². The Morgan fingerprint density at radius 2 is 1.25 bits per heavy atom. The molecule has 0 amide bonds. The zero-order valence-electron chi connectivity index (χ0n) is 10.9. The highest BCUT2D eigenvalue weighted by Crippen LogP contribution is 2.58. The van der Waals surface area contributed by atoms with Crippen LogP contribution in [0, 0.1) is 39.4 Å². The lowest BCUT2D eigenvalue weighted by Crippen LogP contribution is -2.54. The first kappa shape index (κ1) is 18.3. The number of alkyl halides is 6. The van der Waals surface area contributed by atoms with Crippen molar-refractivity contribution < 1.29 is 26.3 Å². The number of nitriles is 2. The van der Waals surface area contributed by atoms with Crippen LogP contribution in [-0.4, -0.2) is 12.4 Å². The highest BCUT2D eigenvalue weighted by Gasteiger charge is 2.71. The minimum absolute atomic E-state index is 0.126. The van der Waals surface area contributed by atoms with Gasteiger partial charge in [0, 0.05) is 5.41 Å². The molecule has 0 heterocycles. The Morgan fingerprint density at radius 3 is 1.40 bits per heavy atom. The van der Waals surface area contributed by atoms with Gasteiger partial charge >= 0.3 is 12.4 Å². The molecule has 0 aliphatic carbocycles. The molecule has 0 rings (SSSR count). The molecular formula is C12H12F6N2. The van der Waals surface area contributed by atoms with E-state index in [1.165, 1.54) is 6.92 Å². The molecule has 20 heavy (non-hydrogen) atoms. The van der Waals surface area contributed by atoms with Gasteiger partial charge in [-0.15, -0.1) is 0 Å². The summed E-state index contributed by atoms with van der Waals surface area (Å²) in [6.45, 7) is 6.40. The lowest BCUT2D eigenvalue weighted by molar-refractivity contribution is -0.310. The predicted molar refractivity (Wildman–Crippen MR) is 57.9 cm³/mol. The van der Waals surface area contributed by atoms with E-state index < -0.39 is 29.1 Å². The highest BCUT2D eigenvalue weighted by atomic mass is 19.4. The first-order valence-corrected chi connectivity index (χ1v) is 5.30. The Balaban J connectivity index is 6.53. The Morgan fingerprint density at radius 1 is 0.950 bits per heavy atom. The largest absolute Gasteiger partial charge is 0.403 e. The number of hydrogen-bond acceptors (Lipinski definition) is 2. The SMILES string of the molecule is C=C(C)C(C)(C)C(C#N)(C#N)C(C(F)(F)F)C(F)(F)F. The molecule has 0 radical (unpaired) electrons. The van der Waals surface area contributed by atoms with Crippen molar-refractivity contribution in [2.75, 3.05) is 0 Å². The molecule has 0 spiro atoms. The second-order valence-electron chi connectivity index (χ2n) is 4.95. The molecule has 112 valence electrons. The first-order valence-electron chi connectivity index (χ1n) is 5.30. The predicted octanol–water partition coefficient (Wildman–Crippen LogP) is 4.36. The molecule has 0 unspecified atom stereocenters. The summed E-state index contributed by atoms with van der Waals surface area (Å²) in [6.07, 6.45) is -11.6. The third-order valence-electron chi connectivity index (χ3n) is 3.49.